The molecule has 4 rings (SSSR count). The van der Waals surface area contributed by atoms with Crippen LogP contribution in [0.4, 0.5) is 14.9 Å². The number of rotatable bonds is 9. The van der Waals surface area contributed by atoms with Gasteiger partial charge in [-0.3, -0.25) is 9.48 Å². The van der Waals surface area contributed by atoms with Crippen molar-refractivity contribution >= 4 is 28.5 Å². The van der Waals surface area contributed by atoms with Crippen LogP contribution in [0.15, 0.2) is 48.7 Å². The summed E-state index contributed by atoms with van der Waals surface area (Å²) >= 11 is 0. The van der Waals surface area contributed by atoms with E-state index in [-0.39, 0.29) is 35.8 Å². The number of carbonyl (C=O) groups is 2. The molecule has 3 aromatic rings. The molecule has 2 aromatic carbocycles. The predicted octanol–water partition coefficient (Wildman–Crippen LogP) is 4.41. The third-order valence-corrected chi connectivity index (χ3v) is 7.78. The fraction of sp³-hybridized carbons (Fsp3) is 0.483. The van der Waals surface area contributed by atoms with Crippen LogP contribution in [0, 0.1) is 11.7 Å². The van der Waals surface area contributed by atoms with Crippen LogP contribution in [-0.4, -0.2) is 70.8 Å². The maximum absolute atomic E-state index is 13.2. The van der Waals surface area contributed by atoms with Crippen molar-refractivity contribution < 1.29 is 14.0 Å². The van der Waals surface area contributed by atoms with Crippen LogP contribution < -0.4 is 10.6 Å². The van der Waals surface area contributed by atoms with Crippen molar-refractivity contribution in [3.63, 3.8) is 0 Å². The average molecular weight is 523 g/mol. The monoisotopic (exact) mass is 522 g/mol. The molecule has 1 aliphatic rings. The van der Waals surface area contributed by atoms with E-state index < -0.39 is 0 Å². The van der Waals surface area contributed by atoms with Crippen LogP contribution in [0.25, 0.3) is 10.9 Å². The lowest BCUT2D eigenvalue weighted by Crippen LogP contribution is -2.52. The number of nitrogens with zero attached hydrogens (tertiary/aromatic N) is 4. The molecule has 0 radical (unpaired) electrons. The summed E-state index contributed by atoms with van der Waals surface area (Å²) in [5, 5.41) is 11.4. The highest BCUT2D eigenvalue weighted by molar-refractivity contribution is 5.92. The number of urea groups is 1. The fourth-order valence-corrected chi connectivity index (χ4v) is 5.51. The van der Waals surface area contributed by atoms with Crippen molar-refractivity contribution in [1.82, 2.24) is 24.9 Å². The molecule has 1 fully saturated rings. The van der Waals surface area contributed by atoms with Crippen LogP contribution in [0.1, 0.15) is 38.2 Å². The van der Waals surface area contributed by atoms with Crippen LogP contribution in [0.2, 0.25) is 0 Å². The highest BCUT2D eigenvalue weighted by atomic mass is 19.1. The number of carbonyl (C=O) groups excluding carboxylic acids is 2. The first kappa shape index (κ1) is 27.6. The maximum atomic E-state index is 13.2. The molecule has 0 unspecified atom stereocenters. The number of aryl methyl sites for hydroxylation is 2. The van der Waals surface area contributed by atoms with Crippen LogP contribution in [-0.2, 0) is 18.3 Å². The fourth-order valence-electron chi connectivity index (χ4n) is 5.51. The molecule has 1 aromatic heterocycles. The van der Waals surface area contributed by atoms with E-state index in [2.05, 4.69) is 27.7 Å². The number of amides is 3. The number of benzene rings is 2. The molecule has 2 N–H and O–H groups in total. The van der Waals surface area contributed by atoms with E-state index in [1.807, 2.05) is 49.3 Å². The molecule has 1 aliphatic carbocycles. The lowest BCUT2D eigenvalue weighted by atomic mass is 9.80. The Balaban J connectivity index is 1.36. The molecule has 204 valence electrons. The van der Waals surface area contributed by atoms with Gasteiger partial charge >= 0.3 is 6.03 Å². The molecule has 0 bridgehead atoms. The van der Waals surface area contributed by atoms with Gasteiger partial charge in [0.15, 0.2) is 0 Å². The van der Waals surface area contributed by atoms with E-state index in [1.165, 1.54) is 12.1 Å². The summed E-state index contributed by atoms with van der Waals surface area (Å²) < 4.78 is 15.0. The number of halogens is 1. The summed E-state index contributed by atoms with van der Waals surface area (Å²) in [6.07, 6.45) is 6.13. The zero-order valence-electron chi connectivity index (χ0n) is 22.8. The topological polar surface area (TPSA) is 82.5 Å². The highest BCUT2D eigenvalue weighted by Gasteiger charge is 2.34. The normalized spacial score (nSPS) is 19.5. The molecule has 0 saturated heterocycles. The van der Waals surface area contributed by atoms with Gasteiger partial charge in [0, 0.05) is 50.7 Å². The van der Waals surface area contributed by atoms with Gasteiger partial charge in [-0.1, -0.05) is 12.1 Å². The predicted molar refractivity (Wildman–Crippen MR) is 148 cm³/mol. The number of fused-ring (bicyclic) bond motifs is 1. The standard InChI is InChI=1S/C29H39FN6O2/c1-20(37)35(3)26-12-13-27(33-29(38)32-25-11-14-28-22(16-25)18-31-36(28)4)23(17-26)19-34(2)15-5-6-21-7-9-24(30)10-8-21/h7-11,14,16,18,23,26-27H,5-6,12-13,15,17,19H2,1-4H3,(H2,32,33,38)/t23-,26+,27+/m0/s1. The Labute approximate surface area is 224 Å². The smallest absolute Gasteiger partial charge is 0.319 e. The Bertz CT molecular complexity index is 1240. The van der Waals surface area contributed by atoms with E-state index >= 15 is 0 Å². The van der Waals surface area contributed by atoms with Gasteiger partial charge in [0.2, 0.25) is 5.91 Å². The Morgan fingerprint density at radius 3 is 2.63 bits per heavy atom. The third kappa shape index (κ3) is 7.10. The number of hydrogen-bond acceptors (Lipinski definition) is 4. The first-order valence-corrected chi connectivity index (χ1v) is 13.3. The molecular formula is C29H39FN6O2. The molecule has 1 saturated carbocycles. The van der Waals surface area contributed by atoms with E-state index in [0.717, 1.165) is 67.3 Å². The molecule has 38 heavy (non-hydrogen) atoms. The zero-order chi connectivity index (χ0) is 27.2. The minimum Gasteiger partial charge on any atom is -0.343 e. The zero-order valence-corrected chi connectivity index (χ0v) is 22.8. The molecule has 8 nitrogen and oxygen atoms in total. The summed E-state index contributed by atoms with van der Waals surface area (Å²) in [5.41, 5.74) is 2.86. The number of hydrogen-bond donors (Lipinski definition) is 2. The van der Waals surface area contributed by atoms with Crippen molar-refractivity contribution in [2.45, 2.75) is 51.1 Å². The summed E-state index contributed by atoms with van der Waals surface area (Å²) in [7, 11) is 5.86. The molecule has 3 amide bonds. The lowest BCUT2D eigenvalue weighted by molar-refractivity contribution is -0.130. The Morgan fingerprint density at radius 2 is 1.89 bits per heavy atom. The van der Waals surface area contributed by atoms with Gasteiger partial charge in [-0.05, 0) is 87.5 Å². The minimum atomic E-state index is -0.222. The Kier molecular flexibility index (Phi) is 8.99. The first-order valence-electron chi connectivity index (χ1n) is 13.3. The second kappa shape index (κ2) is 12.4. The van der Waals surface area contributed by atoms with Crippen molar-refractivity contribution in [3.8, 4) is 0 Å². The maximum Gasteiger partial charge on any atom is 0.319 e. The molecular weight excluding hydrogens is 483 g/mol. The van der Waals surface area contributed by atoms with Crippen molar-refractivity contribution in [2.75, 3.05) is 32.5 Å². The largest absolute Gasteiger partial charge is 0.343 e. The lowest BCUT2D eigenvalue weighted by Gasteiger charge is -2.41. The minimum absolute atomic E-state index is 0.00767. The van der Waals surface area contributed by atoms with Gasteiger partial charge in [0.25, 0.3) is 0 Å². The summed E-state index contributed by atoms with van der Waals surface area (Å²) in [5.74, 6) is 0.0581. The molecule has 0 spiro atoms. The van der Waals surface area contributed by atoms with Gasteiger partial charge < -0.3 is 20.4 Å². The summed E-state index contributed by atoms with van der Waals surface area (Å²) in [6, 6.07) is 12.4. The van der Waals surface area contributed by atoms with Gasteiger partial charge in [0.1, 0.15) is 5.82 Å². The van der Waals surface area contributed by atoms with Crippen LogP contribution in [0.5, 0.6) is 0 Å². The van der Waals surface area contributed by atoms with Crippen molar-refractivity contribution in [3.05, 3.63) is 60.0 Å². The van der Waals surface area contributed by atoms with E-state index in [1.54, 1.807) is 17.8 Å². The number of aromatic nitrogens is 2. The average Bonchev–Trinajstić information content (AvgIpc) is 3.25. The molecule has 9 heteroatoms. The van der Waals surface area contributed by atoms with Crippen LogP contribution >= 0.6 is 0 Å². The summed E-state index contributed by atoms with van der Waals surface area (Å²) in [4.78, 5) is 29.1. The second-order valence-corrected chi connectivity index (χ2v) is 10.6. The molecule has 1 heterocycles. The molecule has 3 atom stereocenters. The van der Waals surface area contributed by atoms with E-state index in [9.17, 15) is 14.0 Å². The summed E-state index contributed by atoms with van der Waals surface area (Å²) in [6.45, 7) is 3.32. The van der Waals surface area contributed by atoms with Gasteiger partial charge in [-0.25, -0.2) is 9.18 Å². The van der Waals surface area contributed by atoms with Gasteiger partial charge in [-0.2, -0.15) is 5.10 Å². The highest BCUT2D eigenvalue weighted by Crippen LogP contribution is 2.29. The van der Waals surface area contributed by atoms with Crippen LogP contribution in [0.3, 0.4) is 0 Å². The first-order chi connectivity index (χ1) is 18.2. The SMILES string of the molecule is CC(=O)N(C)[C@@H]1CC[C@@H](NC(=O)Nc2ccc3c(cnn3C)c2)[C@H](CN(C)CCCc2ccc(F)cc2)C1. The van der Waals surface area contributed by atoms with Crippen molar-refractivity contribution in [2.24, 2.45) is 13.0 Å². The van der Waals surface area contributed by atoms with E-state index in [0.29, 0.717) is 0 Å². The Morgan fingerprint density at radius 1 is 1.13 bits per heavy atom. The van der Waals surface area contributed by atoms with Gasteiger partial charge in [-0.15, -0.1) is 0 Å². The van der Waals surface area contributed by atoms with Crippen molar-refractivity contribution in [1.29, 1.82) is 0 Å². The number of nitrogens with one attached hydrogen (secondary N) is 2. The molecule has 0 aliphatic heterocycles. The van der Waals surface area contributed by atoms with E-state index in [4.69, 9.17) is 0 Å². The number of anilines is 1. The quantitative estimate of drug-likeness (QED) is 0.436. The Hall–Kier alpha value is -3.46. The second-order valence-electron chi connectivity index (χ2n) is 10.6. The van der Waals surface area contributed by atoms with Gasteiger partial charge in [0.05, 0.1) is 11.7 Å². The third-order valence-electron chi connectivity index (χ3n) is 7.78.